The normalized spacial score (nSPS) is 21.4. The average Bonchev–Trinajstić information content (AvgIpc) is 2.53. The Kier molecular flexibility index (Phi) is 5.51. The van der Waals surface area contributed by atoms with Crippen molar-refractivity contribution in [3.8, 4) is 0 Å². The van der Waals surface area contributed by atoms with Crippen molar-refractivity contribution >= 4 is 23.7 Å². The van der Waals surface area contributed by atoms with E-state index in [2.05, 4.69) is 16.0 Å². The molecule has 0 bridgehead atoms. The third-order valence-electron chi connectivity index (χ3n) is 3.69. The van der Waals surface area contributed by atoms with E-state index in [4.69, 9.17) is 5.11 Å². The Morgan fingerprint density at radius 2 is 1.71 bits per heavy atom. The van der Waals surface area contributed by atoms with Crippen LogP contribution in [0, 0.1) is 0 Å². The van der Waals surface area contributed by atoms with Crippen LogP contribution in [0.3, 0.4) is 0 Å². The van der Waals surface area contributed by atoms with Crippen molar-refractivity contribution in [3.63, 3.8) is 0 Å². The summed E-state index contributed by atoms with van der Waals surface area (Å²) in [5.74, 6) is -2.63. The van der Waals surface area contributed by atoms with E-state index < -0.39 is 35.9 Å². The van der Waals surface area contributed by atoms with Gasteiger partial charge in [0.05, 0.1) is 6.42 Å². The Morgan fingerprint density at radius 1 is 1.12 bits per heavy atom. The lowest BCUT2D eigenvalue weighted by Gasteiger charge is -2.29. The number of carbonyl (C=O) groups is 4. The first kappa shape index (κ1) is 17.5. The number of rotatable bonds is 6. The molecule has 128 valence electrons. The molecule has 24 heavy (non-hydrogen) atoms. The molecule has 0 aliphatic carbocycles. The van der Waals surface area contributed by atoms with Gasteiger partial charge in [-0.15, -0.1) is 0 Å². The zero-order valence-corrected chi connectivity index (χ0v) is 13.1. The highest BCUT2D eigenvalue weighted by Crippen LogP contribution is 2.08. The van der Waals surface area contributed by atoms with Gasteiger partial charge in [0, 0.05) is 6.42 Å². The van der Waals surface area contributed by atoms with E-state index in [-0.39, 0.29) is 12.3 Å². The lowest BCUT2D eigenvalue weighted by Crippen LogP contribution is -2.63. The molecule has 1 fully saturated rings. The summed E-state index contributed by atoms with van der Waals surface area (Å²) in [4.78, 5) is 46.6. The standard InChI is InChI=1S/C16H19N3O5/c1-9(16(23)24)17-13(20)8-12-15(22)18-11(14(21)19-12)7-10-5-3-2-4-6-10/h2-6,9,11-12H,7-8H2,1H3,(H,17,20)(H,18,22)(H,19,21)(H,23,24)/t9-,11-,12-/m0/s1. The van der Waals surface area contributed by atoms with Crippen molar-refractivity contribution in [3.05, 3.63) is 35.9 Å². The van der Waals surface area contributed by atoms with E-state index in [1.807, 2.05) is 30.3 Å². The van der Waals surface area contributed by atoms with E-state index in [1.165, 1.54) is 6.92 Å². The van der Waals surface area contributed by atoms with Gasteiger partial charge in [-0.1, -0.05) is 30.3 Å². The van der Waals surface area contributed by atoms with Crippen LogP contribution < -0.4 is 16.0 Å². The predicted molar refractivity (Wildman–Crippen MR) is 83.9 cm³/mol. The molecule has 1 aromatic rings. The summed E-state index contributed by atoms with van der Waals surface area (Å²) in [6, 6.07) is 6.48. The Labute approximate surface area is 138 Å². The first-order chi connectivity index (χ1) is 11.4. The van der Waals surface area contributed by atoms with Crippen LogP contribution in [0.4, 0.5) is 0 Å². The number of hydrogen-bond donors (Lipinski definition) is 4. The van der Waals surface area contributed by atoms with Gasteiger partial charge in [-0.25, -0.2) is 0 Å². The topological polar surface area (TPSA) is 125 Å². The van der Waals surface area contributed by atoms with Crippen molar-refractivity contribution in [1.82, 2.24) is 16.0 Å². The van der Waals surface area contributed by atoms with Crippen LogP contribution >= 0.6 is 0 Å². The molecule has 8 nitrogen and oxygen atoms in total. The molecule has 1 aliphatic heterocycles. The molecule has 3 amide bonds. The van der Waals surface area contributed by atoms with Gasteiger partial charge in [-0.05, 0) is 12.5 Å². The van der Waals surface area contributed by atoms with Crippen molar-refractivity contribution in [2.24, 2.45) is 0 Å². The summed E-state index contributed by atoms with van der Waals surface area (Å²) >= 11 is 0. The van der Waals surface area contributed by atoms with E-state index in [0.717, 1.165) is 5.56 Å². The Bertz CT molecular complexity index is 646. The largest absolute Gasteiger partial charge is 0.480 e. The maximum atomic E-state index is 12.1. The Hall–Kier alpha value is -2.90. The maximum absolute atomic E-state index is 12.1. The smallest absolute Gasteiger partial charge is 0.325 e. The van der Waals surface area contributed by atoms with Gasteiger partial charge in [0.25, 0.3) is 0 Å². The molecular weight excluding hydrogens is 314 g/mol. The van der Waals surface area contributed by atoms with Crippen LogP contribution in [0.15, 0.2) is 30.3 Å². The van der Waals surface area contributed by atoms with Gasteiger partial charge in [-0.3, -0.25) is 19.2 Å². The van der Waals surface area contributed by atoms with Gasteiger partial charge in [-0.2, -0.15) is 0 Å². The molecule has 0 radical (unpaired) electrons. The molecule has 0 saturated carbocycles. The number of benzene rings is 1. The Morgan fingerprint density at radius 3 is 2.33 bits per heavy atom. The zero-order chi connectivity index (χ0) is 17.7. The molecule has 1 saturated heterocycles. The van der Waals surface area contributed by atoms with Crippen LogP contribution in [0.5, 0.6) is 0 Å². The molecule has 4 N–H and O–H groups in total. The van der Waals surface area contributed by atoms with Crippen molar-refractivity contribution in [2.45, 2.75) is 37.9 Å². The fourth-order valence-corrected chi connectivity index (χ4v) is 2.36. The van der Waals surface area contributed by atoms with E-state index in [1.54, 1.807) is 0 Å². The minimum atomic E-state index is -1.18. The second-order valence-electron chi connectivity index (χ2n) is 5.64. The summed E-state index contributed by atoms with van der Waals surface area (Å²) in [7, 11) is 0. The number of hydrogen-bond acceptors (Lipinski definition) is 4. The van der Waals surface area contributed by atoms with Crippen LogP contribution in [0.2, 0.25) is 0 Å². The molecule has 1 heterocycles. The third-order valence-corrected chi connectivity index (χ3v) is 3.69. The fourth-order valence-electron chi connectivity index (χ4n) is 2.36. The van der Waals surface area contributed by atoms with Crippen molar-refractivity contribution in [2.75, 3.05) is 0 Å². The summed E-state index contributed by atoms with van der Waals surface area (Å²) in [5, 5.41) is 16.1. The first-order valence-electron chi connectivity index (χ1n) is 7.53. The average molecular weight is 333 g/mol. The number of amides is 3. The van der Waals surface area contributed by atoms with Crippen molar-refractivity contribution in [1.29, 1.82) is 0 Å². The zero-order valence-electron chi connectivity index (χ0n) is 13.1. The van der Waals surface area contributed by atoms with Gasteiger partial charge < -0.3 is 21.1 Å². The molecule has 1 aliphatic rings. The highest BCUT2D eigenvalue weighted by Gasteiger charge is 2.35. The number of carboxylic acids is 1. The van der Waals surface area contributed by atoms with Gasteiger partial charge in [0.15, 0.2) is 0 Å². The van der Waals surface area contributed by atoms with E-state index in [0.29, 0.717) is 6.42 Å². The van der Waals surface area contributed by atoms with Gasteiger partial charge >= 0.3 is 5.97 Å². The predicted octanol–water partition coefficient (Wildman–Crippen LogP) is -0.808. The van der Waals surface area contributed by atoms with Crippen molar-refractivity contribution < 1.29 is 24.3 Å². The fraction of sp³-hybridized carbons (Fsp3) is 0.375. The quantitative estimate of drug-likeness (QED) is 0.542. The van der Waals surface area contributed by atoms with Gasteiger partial charge in [0.2, 0.25) is 17.7 Å². The van der Waals surface area contributed by atoms with E-state index >= 15 is 0 Å². The number of carbonyl (C=O) groups excluding carboxylic acids is 3. The summed E-state index contributed by atoms with van der Waals surface area (Å²) in [5.41, 5.74) is 0.907. The number of aliphatic carboxylic acids is 1. The van der Waals surface area contributed by atoms with Crippen LogP contribution in [0.1, 0.15) is 18.9 Å². The molecule has 3 atom stereocenters. The number of nitrogens with one attached hydrogen (secondary N) is 3. The second-order valence-corrected chi connectivity index (χ2v) is 5.64. The highest BCUT2D eigenvalue weighted by atomic mass is 16.4. The SMILES string of the molecule is C[C@H](NC(=O)C[C@@H]1NC(=O)[C@H](Cc2ccccc2)NC1=O)C(=O)O. The maximum Gasteiger partial charge on any atom is 0.325 e. The number of piperazine rings is 1. The molecule has 1 aromatic carbocycles. The molecule has 2 rings (SSSR count). The first-order valence-corrected chi connectivity index (χ1v) is 7.53. The molecule has 0 spiro atoms. The lowest BCUT2D eigenvalue weighted by atomic mass is 10.0. The molecular formula is C16H19N3O5. The Balaban J connectivity index is 1.91. The van der Waals surface area contributed by atoms with Gasteiger partial charge in [0.1, 0.15) is 18.1 Å². The minimum absolute atomic E-state index is 0.312. The minimum Gasteiger partial charge on any atom is -0.480 e. The molecule has 0 unspecified atom stereocenters. The molecule has 0 aromatic heterocycles. The monoisotopic (exact) mass is 333 g/mol. The third kappa shape index (κ3) is 4.55. The molecule has 8 heteroatoms. The van der Waals surface area contributed by atoms with Crippen LogP contribution in [0.25, 0.3) is 0 Å². The lowest BCUT2D eigenvalue weighted by molar-refractivity contribution is -0.142. The summed E-state index contributed by atoms with van der Waals surface area (Å²) in [6.45, 7) is 1.32. The van der Waals surface area contributed by atoms with Crippen LogP contribution in [-0.2, 0) is 25.6 Å². The van der Waals surface area contributed by atoms with Crippen LogP contribution in [-0.4, -0.2) is 46.9 Å². The second kappa shape index (κ2) is 7.58. The highest BCUT2D eigenvalue weighted by molar-refractivity contribution is 5.99. The summed E-state index contributed by atoms with van der Waals surface area (Å²) in [6.07, 6.45) is 0.0423. The number of carboxylic acid groups (broad SMARTS) is 1. The summed E-state index contributed by atoms with van der Waals surface area (Å²) < 4.78 is 0. The van der Waals surface area contributed by atoms with E-state index in [9.17, 15) is 19.2 Å².